The molecular formula is C18H21N3O3. The summed E-state index contributed by atoms with van der Waals surface area (Å²) in [7, 11) is 0. The zero-order valence-electron chi connectivity index (χ0n) is 13.4. The number of pyridine rings is 1. The zero-order chi connectivity index (χ0) is 16.4. The molecule has 2 aromatic rings. The molecule has 3 heterocycles. The summed E-state index contributed by atoms with van der Waals surface area (Å²) in [5.74, 6) is 1.33. The molecule has 2 N–H and O–H groups in total. The van der Waals surface area contributed by atoms with Crippen molar-refractivity contribution in [3.8, 4) is 11.5 Å². The normalized spacial score (nSPS) is 23.7. The largest absolute Gasteiger partial charge is 0.463 e. The molecule has 24 heavy (non-hydrogen) atoms. The van der Waals surface area contributed by atoms with Crippen LogP contribution in [0.2, 0.25) is 0 Å². The van der Waals surface area contributed by atoms with Gasteiger partial charge in [-0.2, -0.15) is 0 Å². The summed E-state index contributed by atoms with van der Waals surface area (Å²) in [5, 5.41) is 5.96. The van der Waals surface area contributed by atoms with Gasteiger partial charge in [-0.3, -0.25) is 4.98 Å². The second kappa shape index (κ2) is 6.65. The van der Waals surface area contributed by atoms with Gasteiger partial charge in [0.25, 0.3) is 0 Å². The molecule has 0 aromatic carbocycles. The number of hydrogen-bond donors (Lipinski definition) is 2. The molecule has 1 saturated heterocycles. The first-order valence-electron chi connectivity index (χ1n) is 8.47. The van der Waals surface area contributed by atoms with E-state index in [9.17, 15) is 4.79 Å². The highest BCUT2D eigenvalue weighted by Gasteiger charge is 2.36. The van der Waals surface area contributed by atoms with Crippen LogP contribution in [-0.4, -0.2) is 29.8 Å². The highest BCUT2D eigenvalue weighted by molar-refractivity contribution is 5.93. The molecule has 6 heteroatoms. The summed E-state index contributed by atoms with van der Waals surface area (Å²) in [5.41, 5.74) is 1.26. The fourth-order valence-electron chi connectivity index (χ4n) is 3.22. The average molecular weight is 327 g/mol. The fraction of sp³-hybridized carbons (Fsp3) is 0.444. The lowest BCUT2D eigenvalue weighted by atomic mass is 10.0. The van der Waals surface area contributed by atoms with Crippen LogP contribution < -0.4 is 10.6 Å². The number of ether oxygens (including phenoxy) is 1. The van der Waals surface area contributed by atoms with Gasteiger partial charge >= 0.3 is 6.03 Å². The summed E-state index contributed by atoms with van der Waals surface area (Å²) in [6.07, 6.45) is 7.84. The van der Waals surface area contributed by atoms with Crippen molar-refractivity contribution in [1.29, 1.82) is 0 Å². The van der Waals surface area contributed by atoms with Gasteiger partial charge in [-0.1, -0.05) is 0 Å². The van der Waals surface area contributed by atoms with Gasteiger partial charge in [-0.25, -0.2) is 4.79 Å². The van der Waals surface area contributed by atoms with Gasteiger partial charge < -0.3 is 19.8 Å². The molecule has 0 unspecified atom stereocenters. The lowest BCUT2D eigenvalue weighted by Crippen LogP contribution is -2.44. The van der Waals surface area contributed by atoms with Crippen molar-refractivity contribution in [2.45, 2.75) is 37.8 Å². The van der Waals surface area contributed by atoms with Crippen molar-refractivity contribution in [2.24, 2.45) is 5.92 Å². The molecule has 0 spiro atoms. The monoisotopic (exact) mass is 327 g/mol. The third-order valence-corrected chi connectivity index (χ3v) is 4.61. The molecule has 0 radical (unpaired) electrons. The van der Waals surface area contributed by atoms with Crippen molar-refractivity contribution in [1.82, 2.24) is 10.3 Å². The second-order valence-electron chi connectivity index (χ2n) is 6.44. The Balaban J connectivity index is 1.39. The summed E-state index contributed by atoms with van der Waals surface area (Å²) >= 11 is 0. The third kappa shape index (κ3) is 3.43. The Kier molecular flexibility index (Phi) is 4.21. The molecule has 6 nitrogen and oxygen atoms in total. The summed E-state index contributed by atoms with van der Waals surface area (Å²) < 4.78 is 11.2. The number of carbonyl (C=O) groups excluding carboxylic acids is 1. The SMILES string of the molecule is O=C(Nc1cccnc1-c1ccco1)N[C@@H]1CCO[C@H](C2CC2)C1. The quantitative estimate of drug-likeness (QED) is 0.902. The molecule has 2 atom stereocenters. The van der Waals surface area contributed by atoms with E-state index in [1.165, 1.54) is 12.8 Å². The van der Waals surface area contributed by atoms with Crippen LogP contribution in [-0.2, 0) is 4.74 Å². The van der Waals surface area contributed by atoms with Crippen LogP contribution in [0.3, 0.4) is 0 Å². The van der Waals surface area contributed by atoms with Crippen molar-refractivity contribution in [3.05, 3.63) is 36.7 Å². The van der Waals surface area contributed by atoms with Gasteiger partial charge in [-0.05, 0) is 55.9 Å². The molecule has 2 amide bonds. The maximum absolute atomic E-state index is 12.4. The molecule has 1 aliphatic heterocycles. The molecule has 126 valence electrons. The van der Waals surface area contributed by atoms with E-state index in [4.69, 9.17) is 9.15 Å². The number of rotatable bonds is 4. The molecule has 2 aromatic heterocycles. The molecule has 1 aliphatic carbocycles. The minimum Gasteiger partial charge on any atom is -0.463 e. The van der Waals surface area contributed by atoms with E-state index in [0.717, 1.165) is 19.4 Å². The zero-order valence-corrected chi connectivity index (χ0v) is 13.4. The van der Waals surface area contributed by atoms with E-state index in [-0.39, 0.29) is 12.1 Å². The number of aromatic nitrogens is 1. The first-order valence-corrected chi connectivity index (χ1v) is 8.47. The topological polar surface area (TPSA) is 76.4 Å². The van der Waals surface area contributed by atoms with E-state index in [1.54, 1.807) is 24.6 Å². The summed E-state index contributed by atoms with van der Waals surface area (Å²) in [4.78, 5) is 16.7. The van der Waals surface area contributed by atoms with Crippen molar-refractivity contribution in [3.63, 3.8) is 0 Å². The summed E-state index contributed by atoms with van der Waals surface area (Å²) in [6, 6.07) is 7.18. The number of anilines is 1. The standard InChI is InChI=1S/C18H21N3O3/c22-18(20-13-7-10-24-16(11-13)12-5-6-12)21-14-3-1-8-19-17(14)15-4-2-9-23-15/h1-4,8-9,12-13,16H,5-7,10-11H2,(H2,20,21,22)/t13-,16+/m1/s1. The van der Waals surface area contributed by atoms with Gasteiger partial charge in [0.1, 0.15) is 5.69 Å². The van der Waals surface area contributed by atoms with E-state index in [1.807, 2.05) is 12.1 Å². The van der Waals surface area contributed by atoms with Crippen LogP contribution in [0, 0.1) is 5.92 Å². The smallest absolute Gasteiger partial charge is 0.319 e. The van der Waals surface area contributed by atoms with E-state index >= 15 is 0 Å². The predicted molar refractivity (Wildman–Crippen MR) is 89.6 cm³/mol. The first kappa shape index (κ1) is 15.2. The highest BCUT2D eigenvalue weighted by atomic mass is 16.5. The molecule has 2 aliphatic rings. The number of urea groups is 1. The lowest BCUT2D eigenvalue weighted by Gasteiger charge is -2.30. The number of nitrogens with one attached hydrogen (secondary N) is 2. The van der Waals surface area contributed by atoms with Crippen molar-refractivity contribution < 1.29 is 13.9 Å². The fourth-order valence-corrected chi connectivity index (χ4v) is 3.22. The number of nitrogens with zero attached hydrogens (tertiary/aromatic N) is 1. The summed E-state index contributed by atoms with van der Waals surface area (Å²) in [6.45, 7) is 0.719. The molecular weight excluding hydrogens is 306 g/mol. The van der Waals surface area contributed by atoms with E-state index < -0.39 is 0 Å². The van der Waals surface area contributed by atoms with Crippen molar-refractivity contribution in [2.75, 3.05) is 11.9 Å². The van der Waals surface area contributed by atoms with Crippen LogP contribution in [0.25, 0.3) is 11.5 Å². The predicted octanol–water partition coefficient (Wildman–Crippen LogP) is 3.42. The number of hydrogen-bond acceptors (Lipinski definition) is 4. The molecule has 4 rings (SSSR count). The number of furan rings is 1. The van der Waals surface area contributed by atoms with Crippen molar-refractivity contribution >= 4 is 11.7 Å². The van der Waals surface area contributed by atoms with E-state index in [2.05, 4.69) is 15.6 Å². The third-order valence-electron chi connectivity index (χ3n) is 4.61. The minimum atomic E-state index is -0.211. The molecule has 1 saturated carbocycles. The Hall–Kier alpha value is -2.34. The van der Waals surface area contributed by atoms with Crippen LogP contribution in [0.5, 0.6) is 0 Å². The maximum atomic E-state index is 12.4. The number of carbonyl (C=O) groups is 1. The van der Waals surface area contributed by atoms with Crippen LogP contribution in [0.1, 0.15) is 25.7 Å². The first-order chi connectivity index (χ1) is 11.8. The van der Waals surface area contributed by atoms with Crippen LogP contribution in [0.4, 0.5) is 10.5 Å². The Morgan fingerprint density at radius 2 is 2.12 bits per heavy atom. The van der Waals surface area contributed by atoms with Crippen LogP contribution >= 0.6 is 0 Å². The van der Waals surface area contributed by atoms with Gasteiger partial charge in [0.2, 0.25) is 0 Å². The Labute approximate surface area is 140 Å². The number of amides is 2. The van der Waals surface area contributed by atoms with Crippen LogP contribution in [0.15, 0.2) is 41.1 Å². The average Bonchev–Trinajstić information content (AvgIpc) is 3.31. The maximum Gasteiger partial charge on any atom is 0.319 e. The Morgan fingerprint density at radius 3 is 2.92 bits per heavy atom. The van der Waals surface area contributed by atoms with Gasteiger partial charge in [0.05, 0.1) is 18.1 Å². The van der Waals surface area contributed by atoms with Gasteiger partial charge in [-0.15, -0.1) is 0 Å². The lowest BCUT2D eigenvalue weighted by molar-refractivity contribution is -0.00889. The van der Waals surface area contributed by atoms with Gasteiger partial charge in [0, 0.05) is 18.8 Å². The minimum absolute atomic E-state index is 0.160. The molecule has 2 fully saturated rings. The Morgan fingerprint density at radius 1 is 1.21 bits per heavy atom. The second-order valence-corrected chi connectivity index (χ2v) is 6.44. The highest BCUT2D eigenvalue weighted by Crippen LogP contribution is 2.38. The van der Waals surface area contributed by atoms with E-state index in [0.29, 0.717) is 29.2 Å². The Bertz CT molecular complexity index is 697. The molecule has 0 bridgehead atoms. The van der Waals surface area contributed by atoms with Gasteiger partial charge in [0.15, 0.2) is 5.76 Å².